The number of guanidine groups is 1. The van der Waals surface area contributed by atoms with Gasteiger partial charge in [0, 0.05) is 12.1 Å². The minimum atomic E-state index is -1.44. The molecule has 0 spiro atoms. The second-order valence-electron chi connectivity index (χ2n) is 4.86. The Hall–Kier alpha value is -2.94. The molecule has 0 radical (unpaired) electrons. The van der Waals surface area contributed by atoms with Crippen LogP contribution >= 0.6 is 0 Å². The highest BCUT2D eigenvalue weighted by Crippen LogP contribution is 1.98. The number of benzene rings is 1. The molecular formula is C15H20N4O5. The topological polar surface area (TPSA) is 154 Å². The summed E-state index contributed by atoms with van der Waals surface area (Å²) in [5, 5.41) is 22.3. The number of carboxylic acids is 1. The Morgan fingerprint density at radius 3 is 2.50 bits per heavy atom. The van der Waals surface area contributed by atoms with Crippen LogP contribution in [0.3, 0.4) is 0 Å². The fraction of sp³-hybridized carbons (Fsp3) is 0.333. The largest absolute Gasteiger partial charge is 0.479 e. The second kappa shape index (κ2) is 9.95. The van der Waals surface area contributed by atoms with Crippen LogP contribution in [0.4, 0.5) is 0 Å². The van der Waals surface area contributed by atoms with Crippen molar-refractivity contribution in [2.45, 2.75) is 18.9 Å². The number of aliphatic carboxylic acids is 1. The van der Waals surface area contributed by atoms with Gasteiger partial charge in [-0.25, -0.2) is 4.79 Å². The maximum absolute atomic E-state index is 11.7. The summed E-state index contributed by atoms with van der Waals surface area (Å²) in [6.07, 6.45) is -1.11. The zero-order chi connectivity index (χ0) is 17.9. The Bertz CT molecular complexity index is 603. The highest BCUT2D eigenvalue weighted by atomic mass is 16.4. The van der Waals surface area contributed by atoms with E-state index in [1.165, 1.54) is 0 Å². The van der Waals surface area contributed by atoms with Crippen molar-refractivity contribution >= 4 is 23.7 Å². The lowest BCUT2D eigenvalue weighted by atomic mass is 10.2. The van der Waals surface area contributed by atoms with Crippen molar-refractivity contribution in [1.82, 2.24) is 10.6 Å². The van der Waals surface area contributed by atoms with E-state index >= 15 is 0 Å². The van der Waals surface area contributed by atoms with E-state index in [0.717, 1.165) is 0 Å². The van der Waals surface area contributed by atoms with Gasteiger partial charge >= 0.3 is 5.97 Å². The Balaban J connectivity index is 2.27. The molecule has 1 atom stereocenters. The number of aliphatic hydroxyl groups is 1. The van der Waals surface area contributed by atoms with Gasteiger partial charge in [-0.1, -0.05) is 18.2 Å². The molecule has 0 aliphatic carbocycles. The van der Waals surface area contributed by atoms with Crippen LogP contribution < -0.4 is 16.4 Å². The smallest absolute Gasteiger partial charge is 0.332 e. The number of rotatable bonds is 8. The fourth-order valence-electron chi connectivity index (χ4n) is 1.69. The van der Waals surface area contributed by atoms with Crippen LogP contribution in [-0.4, -0.2) is 53.1 Å². The molecule has 0 heterocycles. The normalized spacial score (nSPS) is 12.3. The number of carboxylic acid groups (broad SMARTS) is 1. The summed E-state index contributed by atoms with van der Waals surface area (Å²) in [5.41, 5.74) is 5.93. The van der Waals surface area contributed by atoms with Crippen LogP contribution in [0.1, 0.15) is 23.2 Å². The molecule has 0 aliphatic rings. The first-order valence-corrected chi connectivity index (χ1v) is 7.24. The summed E-state index contributed by atoms with van der Waals surface area (Å²) in [4.78, 5) is 37.6. The maximum atomic E-state index is 11.7. The minimum absolute atomic E-state index is 0.0349. The van der Waals surface area contributed by atoms with Crippen LogP contribution in [0.25, 0.3) is 0 Å². The van der Waals surface area contributed by atoms with Crippen molar-refractivity contribution in [3.8, 4) is 0 Å². The number of nitrogens with one attached hydrogen (secondary N) is 2. The number of aliphatic imine (C=N–C) groups is 1. The molecule has 0 fully saturated rings. The van der Waals surface area contributed by atoms with Crippen molar-refractivity contribution in [3.63, 3.8) is 0 Å². The van der Waals surface area contributed by atoms with E-state index in [0.29, 0.717) is 12.0 Å². The fourth-order valence-corrected chi connectivity index (χ4v) is 1.69. The molecule has 0 saturated carbocycles. The molecule has 1 aromatic carbocycles. The molecule has 2 amide bonds. The molecule has 9 nitrogen and oxygen atoms in total. The molecule has 130 valence electrons. The number of carbonyl (C=O) groups excluding carboxylic acids is 2. The predicted molar refractivity (Wildman–Crippen MR) is 86.3 cm³/mol. The third kappa shape index (κ3) is 7.36. The summed E-state index contributed by atoms with van der Waals surface area (Å²) in [5.74, 6) is -2.36. The van der Waals surface area contributed by atoms with Crippen LogP contribution in [0, 0.1) is 0 Å². The molecular weight excluding hydrogens is 316 g/mol. The van der Waals surface area contributed by atoms with Gasteiger partial charge < -0.3 is 21.3 Å². The quantitative estimate of drug-likeness (QED) is 0.235. The second-order valence-corrected chi connectivity index (χ2v) is 4.86. The minimum Gasteiger partial charge on any atom is -0.479 e. The molecule has 0 aromatic heterocycles. The van der Waals surface area contributed by atoms with Crippen molar-refractivity contribution in [2.75, 3.05) is 13.1 Å². The number of carbonyl (C=O) groups is 3. The molecule has 9 heteroatoms. The molecule has 0 saturated heterocycles. The first-order valence-electron chi connectivity index (χ1n) is 7.24. The molecule has 6 N–H and O–H groups in total. The van der Waals surface area contributed by atoms with Gasteiger partial charge in [-0.3, -0.25) is 19.9 Å². The highest BCUT2D eigenvalue weighted by molar-refractivity contribution is 6.00. The Kier molecular flexibility index (Phi) is 7.92. The van der Waals surface area contributed by atoms with Crippen LogP contribution in [-0.2, 0) is 9.59 Å². The number of aliphatic hydroxyl groups excluding tert-OH is 1. The lowest BCUT2D eigenvalue weighted by Crippen LogP contribution is -2.43. The summed E-state index contributed by atoms with van der Waals surface area (Å²) in [6, 6.07) is 8.43. The average molecular weight is 336 g/mol. The van der Waals surface area contributed by atoms with Gasteiger partial charge in [-0.15, -0.1) is 0 Å². The number of amides is 2. The first-order chi connectivity index (χ1) is 11.4. The van der Waals surface area contributed by atoms with Gasteiger partial charge in [0.05, 0.1) is 6.54 Å². The lowest BCUT2D eigenvalue weighted by Gasteiger charge is -2.07. The van der Waals surface area contributed by atoms with E-state index in [9.17, 15) is 14.4 Å². The Morgan fingerprint density at radius 2 is 1.88 bits per heavy atom. The van der Waals surface area contributed by atoms with Gasteiger partial charge in [-0.05, 0) is 25.0 Å². The molecule has 0 aliphatic heterocycles. The zero-order valence-corrected chi connectivity index (χ0v) is 12.9. The van der Waals surface area contributed by atoms with E-state index in [-0.39, 0.29) is 31.4 Å². The summed E-state index contributed by atoms with van der Waals surface area (Å²) < 4.78 is 0. The van der Waals surface area contributed by atoms with Crippen LogP contribution in [0.2, 0.25) is 0 Å². The molecule has 1 rings (SSSR count). The van der Waals surface area contributed by atoms with Crippen molar-refractivity contribution in [1.29, 1.82) is 0 Å². The molecule has 24 heavy (non-hydrogen) atoms. The summed E-state index contributed by atoms with van der Waals surface area (Å²) >= 11 is 0. The number of hydrogen-bond donors (Lipinski definition) is 5. The maximum Gasteiger partial charge on any atom is 0.332 e. The van der Waals surface area contributed by atoms with Crippen LogP contribution in [0.15, 0.2) is 35.3 Å². The molecule has 1 aromatic rings. The summed E-state index contributed by atoms with van der Waals surface area (Å²) in [6.45, 7) is -0.103. The monoisotopic (exact) mass is 336 g/mol. The molecule has 0 bridgehead atoms. The van der Waals surface area contributed by atoms with E-state index in [2.05, 4.69) is 15.6 Å². The molecule has 0 unspecified atom stereocenters. The third-order valence-corrected chi connectivity index (χ3v) is 2.92. The SMILES string of the molecule is NC(=NCCC[C@H](O)C(=O)O)NC(=O)CNC(=O)c1ccccc1. The lowest BCUT2D eigenvalue weighted by molar-refractivity contribution is -0.146. The standard InChI is InChI=1S/C15H20N4O5/c16-15(17-8-4-7-11(20)14(23)24)19-12(21)9-18-13(22)10-5-2-1-3-6-10/h1-3,5-6,11,20H,4,7-9H2,(H,18,22)(H,23,24)(H3,16,17,19,21)/t11-/m0/s1. The highest BCUT2D eigenvalue weighted by Gasteiger charge is 2.12. The predicted octanol–water partition coefficient (Wildman–Crippen LogP) is -0.927. The van der Waals surface area contributed by atoms with Gasteiger partial charge in [0.1, 0.15) is 0 Å². The third-order valence-electron chi connectivity index (χ3n) is 2.92. The number of nitrogens with two attached hydrogens (primary N) is 1. The van der Waals surface area contributed by atoms with Gasteiger partial charge in [0.15, 0.2) is 12.1 Å². The Morgan fingerprint density at radius 1 is 1.21 bits per heavy atom. The average Bonchev–Trinajstić information content (AvgIpc) is 2.57. The number of nitrogens with zero attached hydrogens (tertiary/aromatic N) is 1. The Labute approximate surface area is 138 Å². The van der Waals surface area contributed by atoms with Gasteiger partial charge in [0.2, 0.25) is 5.91 Å². The van der Waals surface area contributed by atoms with Gasteiger partial charge in [-0.2, -0.15) is 0 Å². The van der Waals surface area contributed by atoms with Crippen molar-refractivity contribution < 1.29 is 24.6 Å². The number of hydrogen-bond acceptors (Lipinski definition) is 5. The van der Waals surface area contributed by atoms with Gasteiger partial charge in [0.25, 0.3) is 5.91 Å². The van der Waals surface area contributed by atoms with E-state index in [1.807, 2.05) is 0 Å². The first kappa shape index (κ1) is 19.1. The zero-order valence-electron chi connectivity index (χ0n) is 12.9. The van der Waals surface area contributed by atoms with Crippen molar-refractivity contribution in [3.05, 3.63) is 35.9 Å². The van der Waals surface area contributed by atoms with E-state index < -0.39 is 18.0 Å². The van der Waals surface area contributed by atoms with Crippen LogP contribution in [0.5, 0.6) is 0 Å². The van der Waals surface area contributed by atoms with Crippen molar-refractivity contribution in [2.24, 2.45) is 10.7 Å². The van der Waals surface area contributed by atoms with E-state index in [1.54, 1.807) is 30.3 Å². The van der Waals surface area contributed by atoms with E-state index in [4.69, 9.17) is 15.9 Å². The summed E-state index contributed by atoms with van der Waals surface area (Å²) in [7, 11) is 0.